The standard InChI is InChI=1S/C42H24S2/c1-2-12-26-23-27(22-21-25(26)11-1)38-28-13-3-5-15-30(28)39(31-16-6-4-14-29(31)38)34-24-37-40(32-17-7-9-19-35(32)43-37)41-33-18-8-10-20-36(33)44-42(34)41/h1-24H. The van der Waals surface area contributed by atoms with Gasteiger partial charge in [0.15, 0.2) is 0 Å². The van der Waals surface area contributed by atoms with Crippen LogP contribution in [0.3, 0.4) is 0 Å². The van der Waals surface area contributed by atoms with Crippen molar-refractivity contribution < 1.29 is 0 Å². The quantitative estimate of drug-likeness (QED) is 0.175. The van der Waals surface area contributed by atoms with Crippen LogP contribution in [0.4, 0.5) is 0 Å². The van der Waals surface area contributed by atoms with Gasteiger partial charge in [-0.05, 0) is 73.3 Å². The van der Waals surface area contributed by atoms with Gasteiger partial charge in [0, 0.05) is 45.9 Å². The summed E-state index contributed by atoms with van der Waals surface area (Å²) in [6, 6.07) is 54.0. The maximum Gasteiger partial charge on any atom is 0.0441 e. The van der Waals surface area contributed by atoms with E-state index in [1.807, 2.05) is 22.7 Å². The lowest BCUT2D eigenvalue weighted by molar-refractivity contribution is 1.70. The highest BCUT2D eigenvalue weighted by Gasteiger charge is 2.22. The van der Waals surface area contributed by atoms with Crippen molar-refractivity contribution in [1.82, 2.24) is 0 Å². The van der Waals surface area contributed by atoms with E-state index in [9.17, 15) is 0 Å². The zero-order valence-corrected chi connectivity index (χ0v) is 25.3. The van der Waals surface area contributed by atoms with Crippen LogP contribution in [0.5, 0.6) is 0 Å². The van der Waals surface area contributed by atoms with Gasteiger partial charge in [-0.3, -0.25) is 0 Å². The second kappa shape index (κ2) is 9.24. The minimum atomic E-state index is 1.26. The van der Waals surface area contributed by atoms with Gasteiger partial charge in [-0.1, -0.05) is 121 Å². The zero-order chi connectivity index (χ0) is 28.8. The summed E-state index contributed by atoms with van der Waals surface area (Å²) in [5, 5.41) is 13.2. The van der Waals surface area contributed by atoms with Gasteiger partial charge in [-0.15, -0.1) is 22.7 Å². The first-order valence-corrected chi connectivity index (χ1v) is 16.7. The summed E-state index contributed by atoms with van der Waals surface area (Å²) < 4.78 is 5.41. The molecule has 0 saturated carbocycles. The summed E-state index contributed by atoms with van der Waals surface area (Å²) in [7, 11) is 0. The van der Waals surface area contributed by atoms with E-state index in [1.165, 1.54) is 94.9 Å². The Bertz CT molecular complexity index is 2720. The molecular formula is C42H24S2. The van der Waals surface area contributed by atoms with Crippen molar-refractivity contribution >= 4 is 95.3 Å². The molecule has 0 atom stereocenters. The highest BCUT2D eigenvalue weighted by molar-refractivity contribution is 7.28. The Labute approximate surface area is 262 Å². The molecular weight excluding hydrogens is 569 g/mol. The highest BCUT2D eigenvalue weighted by Crippen LogP contribution is 2.52. The van der Waals surface area contributed by atoms with Gasteiger partial charge < -0.3 is 0 Å². The molecule has 2 heterocycles. The Balaban J connectivity index is 1.40. The van der Waals surface area contributed by atoms with Crippen LogP contribution in [-0.2, 0) is 0 Å². The van der Waals surface area contributed by atoms with Gasteiger partial charge in [-0.25, -0.2) is 0 Å². The SMILES string of the molecule is c1ccc2cc(-c3c4ccccc4c(-c4cc5sc6ccccc6c5c5c4sc4ccccc45)c4ccccc34)ccc2c1. The highest BCUT2D eigenvalue weighted by atomic mass is 32.1. The van der Waals surface area contributed by atoms with E-state index in [-0.39, 0.29) is 0 Å². The van der Waals surface area contributed by atoms with Crippen molar-refractivity contribution in [3.63, 3.8) is 0 Å². The summed E-state index contributed by atoms with van der Waals surface area (Å²) in [6.07, 6.45) is 0. The van der Waals surface area contributed by atoms with E-state index >= 15 is 0 Å². The molecule has 0 spiro atoms. The number of hydrogen-bond acceptors (Lipinski definition) is 2. The molecule has 10 aromatic rings. The van der Waals surface area contributed by atoms with Crippen LogP contribution in [0.1, 0.15) is 0 Å². The van der Waals surface area contributed by atoms with Crippen LogP contribution in [0, 0.1) is 0 Å². The van der Waals surface area contributed by atoms with Crippen molar-refractivity contribution in [2.24, 2.45) is 0 Å². The van der Waals surface area contributed by atoms with Crippen molar-refractivity contribution in [3.8, 4) is 22.3 Å². The van der Waals surface area contributed by atoms with E-state index in [0.29, 0.717) is 0 Å². The second-order valence-corrected chi connectivity index (χ2v) is 13.7. The van der Waals surface area contributed by atoms with Crippen LogP contribution in [0.25, 0.3) is 94.9 Å². The first-order chi connectivity index (χ1) is 21.8. The number of hydrogen-bond donors (Lipinski definition) is 0. The van der Waals surface area contributed by atoms with Crippen LogP contribution in [0.2, 0.25) is 0 Å². The zero-order valence-electron chi connectivity index (χ0n) is 23.7. The Morgan fingerprint density at radius 1 is 0.341 bits per heavy atom. The van der Waals surface area contributed by atoms with Crippen molar-refractivity contribution in [2.75, 3.05) is 0 Å². The topological polar surface area (TPSA) is 0 Å². The van der Waals surface area contributed by atoms with E-state index < -0.39 is 0 Å². The first kappa shape index (κ1) is 24.4. The molecule has 0 nitrogen and oxygen atoms in total. The summed E-state index contributed by atoms with van der Waals surface area (Å²) >= 11 is 3.85. The number of rotatable bonds is 2. The minimum absolute atomic E-state index is 1.26. The van der Waals surface area contributed by atoms with E-state index in [4.69, 9.17) is 0 Å². The van der Waals surface area contributed by atoms with Gasteiger partial charge in [0.2, 0.25) is 0 Å². The second-order valence-electron chi connectivity index (χ2n) is 11.6. The van der Waals surface area contributed by atoms with Crippen molar-refractivity contribution in [1.29, 1.82) is 0 Å². The summed E-state index contributed by atoms with van der Waals surface area (Å²) in [5.41, 5.74) is 5.23. The third kappa shape index (κ3) is 3.38. The number of fused-ring (bicyclic) bond motifs is 10. The van der Waals surface area contributed by atoms with Crippen LogP contribution < -0.4 is 0 Å². The van der Waals surface area contributed by atoms with Gasteiger partial charge >= 0.3 is 0 Å². The molecule has 0 N–H and O–H groups in total. The van der Waals surface area contributed by atoms with Gasteiger partial charge in [-0.2, -0.15) is 0 Å². The molecule has 0 aliphatic rings. The average Bonchev–Trinajstić information content (AvgIpc) is 3.65. The molecule has 44 heavy (non-hydrogen) atoms. The van der Waals surface area contributed by atoms with Crippen molar-refractivity contribution in [2.45, 2.75) is 0 Å². The molecule has 204 valence electrons. The van der Waals surface area contributed by atoms with E-state index in [1.54, 1.807) is 0 Å². The molecule has 0 amide bonds. The fraction of sp³-hybridized carbons (Fsp3) is 0. The lowest BCUT2D eigenvalue weighted by Gasteiger charge is -2.18. The molecule has 8 aromatic carbocycles. The molecule has 2 heteroatoms. The first-order valence-electron chi connectivity index (χ1n) is 15.0. The monoisotopic (exact) mass is 592 g/mol. The average molecular weight is 593 g/mol. The third-order valence-corrected chi connectivity index (χ3v) is 11.5. The lowest BCUT2D eigenvalue weighted by atomic mass is 9.85. The molecule has 0 saturated heterocycles. The van der Waals surface area contributed by atoms with E-state index in [0.717, 1.165) is 0 Å². The minimum Gasteiger partial charge on any atom is -0.135 e. The molecule has 0 fully saturated rings. The molecule has 0 aliphatic heterocycles. The lowest BCUT2D eigenvalue weighted by Crippen LogP contribution is -1.91. The fourth-order valence-corrected chi connectivity index (χ4v) is 9.75. The Hall–Kier alpha value is -5.02. The van der Waals surface area contributed by atoms with Gasteiger partial charge in [0.1, 0.15) is 0 Å². The Kier molecular flexibility index (Phi) is 5.13. The predicted molar refractivity (Wildman–Crippen MR) is 196 cm³/mol. The largest absolute Gasteiger partial charge is 0.135 e. The van der Waals surface area contributed by atoms with Crippen LogP contribution in [-0.4, -0.2) is 0 Å². The summed E-state index contributed by atoms with van der Waals surface area (Å²) in [5.74, 6) is 0. The van der Waals surface area contributed by atoms with Gasteiger partial charge in [0.05, 0.1) is 0 Å². The van der Waals surface area contributed by atoms with Crippen molar-refractivity contribution in [3.05, 3.63) is 146 Å². The Morgan fingerprint density at radius 3 is 1.55 bits per heavy atom. The van der Waals surface area contributed by atoms with Crippen LogP contribution >= 0.6 is 22.7 Å². The maximum absolute atomic E-state index is 2.49. The Morgan fingerprint density at radius 2 is 0.864 bits per heavy atom. The molecule has 10 rings (SSSR count). The van der Waals surface area contributed by atoms with Gasteiger partial charge in [0.25, 0.3) is 0 Å². The number of benzene rings is 8. The molecule has 0 bridgehead atoms. The molecule has 2 aromatic heterocycles. The molecule has 0 aliphatic carbocycles. The number of thiophene rings is 2. The summed E-state index contributed by atoms with van der Waals surface area (Å²) in [6.45, 7) is 0. The molecule has 0 radical (unpaired) electrons. The fourth-order valence-electron chi connectivity index (χ4n) is 7.36. The smallest absolute Gasteiger partial charge is 0.0441 e. The summed E-state index contributed by atoms with van der Waals surface area (Å²) in [4.78, 5) is 0. The third-order valence-electron chi connectivity index (χ3n) is 9.23. The maximum atomic E-state index is 2.49. The van der Waals surface area contributed by atoms with Crippen LogP contribution in [0.15, 0.2) is 146 Å². The normalized spacial score (nSPS) is 12.1. The molecule has 0 unspecified atom stereocenters. The predicted octanol–water partition coefficient (Wildman–Crippen LogP) is 13.2. The van der Waals surface area contributed by atoms with E-state index in [2.05, 4.69) is 146 Å².